The van der Waals surface area contributed by atoms with Crippen LogP contribution in [0.5, 0.6) is 0 Å². The number of hydrogen-bond acceptors (Lipinski definition) is 1. The van der Waals surface area contributed by atoms with Crippen LogP contribution in [0.15, 0.2) is 0 Å². The third-order valence-corrected chi connectivity index (χ3v) is 12.2. The lowest BCUT2D eigenvalue weighted by Gasteiger charge is -2.61. The lowest BCUT2D eigenvalue weighted by molar-refractivity contribution is -0.130. The molecule has 4 aliphatic rings. The predicted molar refractivity (Wildman–Crippen MR) is 132 cm³/mol. The molecule has 0 aromatic carbocycles. The van der Waals surface area contributed by atoms with Gasteiger partial charge in [-0.05, 0) is 104 Å². The fourth-order valence-corrected chi connectivity index (χ4v) is 10.1. The molecule has 0 aliphatic heterocycles. The van der Waals surface area contributed by atoms with Gasteiger partial charge in [-0.25, -0.2) is 0 Å². The molecule has 1 N–H and O–H groups in total. The van der Waals surface area contributed by atoms with E-state index in [9.17, 15) is 5.11 Å². The average molecular weight is 515 g/mol. The van der Waals surface area contributed by atoms with E-state index >= 15 is 0 Å². The minimum atomic E-state index is -0.0683. The maximum Gasteiger partial charge on any atom is 0.0663 e. The van der Waals surface area contributed by atoms with Gasteiger partial charge >= 0.3 is 0 Å². The van der Waals surface area contributed by atoms with Crippen molar-refractivity contribution in [2.75, 3.05) is 0 Å². The first-order chi connectivity index (χ1) is 13.7. The Hall–Kier alpha value is 0.690. The number of rotatable bonds is 5. The second-order valence-electron chi connectivity index (χ2n) is 12.7. The molecule has 4 rings (SSSR count). The second-order valence-corrected chi connectivity index (χ2v) is 14.3. The molecule has 2 heteroatoms. The Labute approximate surface area is 194 Å². The van der Waals surface area contributed by atoms with Gasteiger partial charge in [-0.1, -0.05) is 76.5 Å². The van der Waals surface area contributed by atoms with Gasteiger partial charge in [0.2, 0.25) is 0 Å². The molecule has 0 saturated heterocycles. The van der Waals surface area contributed by atoms with E-state index in [1.807, 2.05) is 0 Å². The Morgan fingerprint density at radius 2 is 1.66 bits per heavy atom. The molecule has 4 fully saturated rings. The number of aliphatic hydroxyl groups excluding tert-OH is 1. The Bertz CT molecular complexity index is 575. The van der Waals surface area contributed by atoms with Crippen molar-refractivity contribution in [1.29, 1.82) is 0 Å². The molecular formula is C27H47IO. The summed E-state index contributed by atoms with van der Waals surface area (Å²) in [5.74, 6) is 6.38. The highest BCUT2D eigenvalue weighted by Crippen LogP contribution is 2.68. The maximum atomic E-state index is 10.7. The van der Waals surface area contributed by atoms with Crippen LogP contribution in [-0.2, 0) is 0 Å². The van der Waals surface area contributed by atoms with Gasteiger partial charge < -0.3 is 5.11 Å². The third kappa shape index (κ3) is 3.98. The first-order valence-electron chi connectivity index (χ1n) is 13.0. The molecule has 4 aliphatic carbocycles. The van der Waals surface area contributed by atoms with Crippen LogP contribution in [0.1, 0.15) is 105 Å². The number of aliphatic hydroxyl groups is 1. The standard InChI is InChI=1S/C27H47IO/c1-17(2)7-6-8-18(3)21-11-12-22-20-10-9-19-15-24(28)25(29)16-27(19,5)23(20)13-14-26(21,22)4/h17-25,29H,6-16H2,1-5H3/t18-,19+,20+,21+,22-,23+,24+,25-,26-,27+/m1/s1. The van der Waals surface area contributed by atoms with Crippen molar-refractivity contribution in [3.05, 3.63) is 0 Å². The molecule has 10 atom stereocenters. The first kappa shape index (κ1) is 22.9. The monoisotopic (exact) mass is 514 g/mol. The molecule has 1 nitrogen and oxygen atoms in total. The van der Waals surface area contributed by atoms with E-state index in [1.165, 1.54) is 64.2 Å². The van der Waals surface area contributed by atoms with E-state index in [0.29, 0.717) is 14.8 Å². The van der Waals surface area contributed by atoms with E-state index in [-0.39, 0.29) is 6.10 Å². The summed E-state index contributed by atoms with van der Waals surface area (Å²) >= 11 is 2.53. The van der Waals surface area contributed by atoms with Gasteiger partial charge in [-0.2, -0.15) is 0 Å². The molecule has 0 aromatic rings. The third-order valence-electron chi connectivity index (χ3n) is 10.8. The maximum absolute atomic E-state index is 10.7. The van der Waals surface area contributed by atoms with Crippen molar-refractivity contribution in [2.24, 2.45) is 52.3 Å². The summed E-state index contributed by atoms with van der Waals surface area (Å²) in [5, 5.41) is 10.7. The average Bonchev–Trinajstić information content (AvgIpc) is 3.00. The van der Waals surface area contributed by atoms with Gasteiger partial charge in [0, 0.05) is 3.92 Å². The highest BCUT2D eigenvalue weighted by atomic mass is 127. The molecule has 0 spiro atoms. The smallest absolute Gasteiger partial charge is 0.0663 e. The van der Waals surface area contributed by atoms with Gasteiger partial charge in [0.05, 0.1) is 6.10 Å². The van der Waals surface area contributed by atoms with Crippen LogP contribution >= 0.6 is 22.6 Å². The number of alkyl halides is 1. The van der Waals surface area contributed by atoms with Gasteiger partial charge in [0.25, 0.3) is 0 Å². The molecular weight excluding hydrogens is 467 g/mol. The lowest BCUT2D eigenvalue weighted by atomic mass is 9.44. The largest absolute Gasteiger partial charge is 0.392 e. The molecule has 0 heterocycles. The summed E-state index contributed by atoms with van der Waals surface area (Å²) in [4.78, 5) is 0. The zero-order chi connectivity index (χ0) is 21.0. The van der Waals surface area contributed by atoms with Gasteiger partial charge in [0.15, 0.2) is 0 Å². The number of halogens is 1. The second kappa shape index (κ2) is 8.56. The summed E-state index contributed by atoms with van der Waals surface area (Å²) < 4.78 is 0.485. The predicted octanol–water partition coefficient (Wildman–Crippen LogP) is 7.88. The van der Waals surface area contributed by atoms with Crippen LogP contribution in [0, 0.1) is 52.3 Å². The highest BCUT2D eigenvalue weighted by molar-refractivity contribution is 14.1. The van der Waals surface area contributed by atoms with Crippen LogP contribution in [-0.4, -0.2) is 15.1 Å². The quantitative estimate of drug-likeness (QED) is 0.292. The van der Waals surface area contributed by atoms with E-state index < -0.39 is 0 Å². The summed E-state index contributed by atoms with van der Waals surface area (Å²) in [7, 11) is 0. The highest BCUT2D eigenvalue weighted by Gasteiger charge is 2.61. The Balaban J connectivity index is 1.47. The first-order valence-corrected chi connectivity index (χ1v) is 14.2. The summed E-state index contributed by atoms with van der Waals surface area (Å²) in [6.07, 6.45) is 15.4. The molecule has 29 heavy (non-hydrogen) atoms. The Morgan fingerprint density at radius 1 is 0.931 bits per heavy atom. The van der Waals surface area contributed by atoms with Crippen LogP contribution in [0.4, 0.5) is 0 Å². The van der Waals surface area contributed by atoms with Crippen LogP contribution in [0.3, 0.4) is 0 Å². The molecule has 0 aromatic heterocycles. The number of fused-ring (bicyclic) bond motifs is 5. The molecule has 168 valence electrons. The molecule has 0 unspecified atom stereocenters. The number of hydrogen-bond donors (Lipinski definition) is 1. The minimum absolute atomic E-state index is 0.0683. The van der Waals surface area contributed by atoms with Crippen LogP contribution in [0.25, 0.3) is 0 Å². The summed E-state index contributed by atoms with van der Waals surface area (Å²) in [6, 6.07) is 0. The molecule has 0 bridgehead atoms. The normalized spacial score (nSPS) is 50.7. The van der Waals surface area contributed by atoms with Crippen molar-refractivity contribution in [2.45, 2.75) is 115 Å². The topological polar surface area (TPSA) is 20.2 Å². The van der Waals surface area contributed by atoms with Crippen molar-refractivity contribution >= 4 is 22.6 Å². The van der Waals surface area contributed by atoms with Gasteiger partial charge in [-0.3, -0.25) is 0 Å². The summed E-state index contributed by atoms with van der Waals surface area (Å²) in [6.45, 7) is 12.6. The minimum Gasteiger partial charge on any atom is -0.392 e. The van der Waals surface area contributed by atoms with E-state index in [0.717, 1.165) is 47.8 Å². The molecule has 4 saturated carbocycles. The van der Waals surface area contributed by atoms with Crippen molar-refractivity contribution < 1.29 is 5.11 Å². The van der Waals surface area contributed by atoms with E-state index in [4.69, 9.17) is 0 Å². The Morgan fingerprint density at radius 3 is 2.38 bits per heavy atom. The van der Waals surface area contributed by atoms with Crippen molar-refractivity contribution in [3.8, 4) is 0 Å². The lowest BCUT2D eigenvalue weighted by Crippen LogP contribution is -2.56. The van der Waals surface area contributed by atoms with E-state index in [2.05, 4.69) is 57.2 Å². The Kier molecular flexibility index (Phi) is 6.75. The van der Waals surface area contributed by atoms with Crippen LogP contribution in [0.2, 0.25) is 0 Å². The van der Waals surface area contributed by atoms with Crippen LogP contribution < -0.4 is 0 Å². The zero-order valence-corrected chi connectivity index (χ0v) is 22.0. The van der Waals surface area contributed by atoms with E-state index in [1.54, 1.807) is 0 Å². The summed E-state index contributed by atoms with van der Waals surface area (Å²) in [5.41, 5.74) is 1.01. The van der Waals surface area contributed by atoms with Gasteiger partial charge in [0.1, 0.15) is 0 Å². The van der Waals surface area contributed by atoms with Crippen molar-refractivity contribution in [1.82, 2.24) is 0 Å². The fourth-order valence-electron chi connectivity index (χ4n) is 9.27. The fraction of sp³-hybridized carbons (Fsp3) is 1.00. The van der Waals surface area contributed by atoms with Crippen molar-refractivity contribution in [3.63, 3.8) is 0 Å². The SMILES string of the molecule is CC(C)CCC[C@@H](C)[C@@H]1CC[C@@H]2[C@@H]3CC[C@H]4C[C@H](I)[C@H](O)C[C@]4(C)[C@H]3CC[C@@]21C. The molecule has 0 amide bonds. The van der Waals surface area contributed by atoms with Gasteiger partial charge in [-0.15, -0.1) is 0 Å². The zero-order valence-electron chi connectivity index (χ0n) is 19.8. The molecule has 0 radical (unpaired) electrons.